The molecule has 1 N–H and O–H groups in total. The highest BCUT2D eigenvalue weighted by molar-refractivity contribution is 7.81. The largest absolute Gasteiger partial charge is 0.488 e. The lowest BCUT2D eigenvalue weighted by molar-refractivity contribution is -0.137. The van der Waals surface area contributed by atoms with E-state index >= 15 is 0 Å². The number of unbranched alkanes of at least 4 members (excludes halogenated alkanes) is 2. The van der Waals surface area contributed by atoms with Gasteiger partial charge in [0.1, 0.15) is 5.54 Å². The zero-order chi connectivity index (χ0) is 29.7. The molecule has 0 bridgehead atoms. The van der Waals surface area contributed by atoms with E-state index in [-0.39, 0.29) is 29.7 Å². The molecular formula is C27H28F5N3O4S. The van der Waals surface area contributed by atoms with Gasteiger partial charge in [0.2, 0.25) is 0 Å². The number of benzene rings is 2. The van der Waals surface area contributed by atoms with E-state index in [0.717, 1.165) is 34.1 Å². The smallest absolute Gasteiger partial charge is 0.417 e. The van der Waals surface area contributed by atoms with Crippen molar-refractivity contribution in [3.63, 3.8) is 0 Å². The third-order valence-corrected chi connectivity index (χ3v) is 6.59. The van der Waals surface area contributed by atoms with Crippen molar-refractivity contribution in [2.75, 3.05) is 36.2 Å². The molecule has 2 aromatic carbocycles. The maximum Gasteiger partial charge on any atom is 0.417 e. The van der Waals surface area contributed by atoms with Crippen LogP contribution in [0.25, 0.3) is 0 Å². The van der Waals surface area contributed by atoms with E-state index in [0.29, 0.717) is 45.0 Å². The number of hydrogen-bond acceptors (Lipinski definition) is 6. The van der Waals surface area contributed by atoms with Crippen LogP contribution < -0.4 is 14.5 Å². The monoisotopic (exact) mass is 585 g/mol. The molecule has 13 heteroatoms. The van der Waals surface area contributed by atoms with Crippen molar-refractivity contribution in [1.29, 1.82) is 5.26 Å². The van der Waals surface area contributed by atoms with E-state index in [9.17, 15) is 26.7 Å². The van der Waals surface area contributed by atoms with E-state index in [1.54, 1.807) is 0 Å². The lowest BCUT2D eigenvalue weighted by Crippen LogP contribution is -2.44. The fraction of sp³-hybridized carbons (Fsp3) is 0.444. The number of ether oxygens (including phenoxy) is 2. The number of rotatable bonds is 12. The summed E-state index contributed by atoms with van der Waals surface area (Å²) in [6, 6.07) is 6.08. The number of hydrogen-bond donors (Lipinski definition) is 1. The number of thiocarbonyl (C=S) groups is 1. The molecule has 1 saturated heterocycles. The average molecular weight is 586 g/mol. The van der Waals surface area contributed by atoms with Gasteiger partial charge >= 0.3 is 6.18 Å². The normalized spacial score (nSPS) is 15.1. The fourth-order valence-electron chi connectivity index (χ4n) is 4.20. The number of carbonyl (C=O) groups excluding carboxylic acids is 1. The summed E-state index contributed by atoms with van der Waals surface area (Å²) in [6.07, 6.45) is -2.38. The number of carbonyl (C=O) groups is 1. The van der Waals surface area contributed by atoms with Gasteiger partial charge in [0.05, 0.1) is 35.2 Å². The van der Waals surface area contributed by atoms with Crippen LogP contribution in [0.1, 0.15) is 50.7 Å². The van der Waals surface area contributed by atoms with Crippen molar-refractivity contribution in [2.24, 2.45) is 0 Å². The molecule has 0 aliphatic carbocycles. The Hall–Kier alpha value is -3.34. The SMILES string of the molecule is CC1(C)C(=O)N(c2ccc(C#N)c(C(F)(F)F)c2)C(=S)N1c1cc(F)c(OCCCCCOCCCO)c(F)c1. The van der Waals surface area contributed by atoms with Gasteiger partial charge in [0.15, 0.2) is 22.5 Å². The van der Waals surface area contributed by atoms with Gasteiger partial charge in [0, 0.05) is 32.0 Å². The number of alkyl halides is 3. The highest BCUT2D eigenvalue weighted by Gasteiger charge is 2.51. The first-order valence-electron chi connectivity index (χ1n) is 12.4. The van der Waals surface area contributed by atoms with Crippen LogP contribution in [0.5, 0.6) is 5.75 Å². The number of amides is 1. The van der Waals surface area contributed by atoms with Gasteiger partial charge in [-0.2, -0.15) is 18.4 Å². The lowest BCUT2D eigenvalue weighted by Gasteiger charge is -2.29. The minimum Gasteiger partial charge on any atom is -0.488 e. The van der Waals surface area contributed by atoms with Crippen LogP contribution in [0.15, 0.2) is 30.3 Å². The van der Waals surface area contributed by atoms with Crippen LogP contribution in [0, 0.1) is 23.0 Å². The number of aliphatic hydroxyl groups is 1. The summed E-state index contributed by atoms with van der Waals surface area (Å²) in [5.74, 6) is -3.40. The first kappa shape index (κ1) is 31.2. The fourth-order valence-corrected chi connectivity index (χ4v) is 4.72. The van der Waals surface area contributed by atoms with Crippen LogP contribution in [-0.2, 0) is 15.7 Å². The number of nitrogens with zero attached hydrogens (tertiary/aromatic N) is 3. The predicted molar refractivity (Wildman–Crippen MR) is 141 cm³/mol. The maximum absolute atomic E-state index is 14.9. The molecule has 2 aromatic rings. The van der Waals surface area contributed by atoms with Crippen molar-refractivity contribution in [3.8, 4) is 11.8 Å². The summed E-state index contributed by atoms with van der Waals surface area (Å²) in [5, 5.41) is 17.5. The van der Waals surface area contributed by atoms with E-state index in [4.69, 9.17) is 32.1 Å². The molecule has 3 rings (SSSR count). The summed E-state index contributed by atoms with van der Waals surface area (Å²) in [5.41, 5.74) is -3.75. The highest BCUT2D eigenvalue weighted by atomic mass is 32.1. The summed E-state index contributed by atoms with van der Waals surface area (Å²) in [4.78, 5) is 15.3. The van der Waals surface area contributed by atoms with E-state index in [1.165, 1.54) is 19.9 Å². The second-order valence-electron chi connectivity index (χ2n) is 9.49. The third-order valence-electron chi connectivity index (χ3n) is 6.22. The standard InChI is InChI=1S/C27H28F5N3O4S/c1-26(2)24(37)34(18-8-7-17(16-33)20(13-18)27(30,31)32)25(40)35(26)19-14-21(28)23(22(29)15-19)39-12-5-3-4-10-38-11-6-9-36/h7-8,13-15,36H,3-6,9-12H2,1-2H3. The molecule has 0 atom stereocenters. The molecule has 0 unspecified atom stereocenters. The third kappa shape index (κ3) is 6.68. The molecule has 0 radical (unpaired) electrons. The first-order valence-corrected chi connectivity index (χ1v) is 12.9. The van der Waals surface area contributed by atoms with Gasteiger partial charge in [-0.15, -0.1) is 0 Å². The Morgan fingerprint density at radius 2 is 1.62 bits per heavy atom. The summed E-state index contributed by atoms with van der Waals surface area (Å²) in [6.45, 7) is 3.90. The summed E-state index contributed by atoms with van der Waals surface area (Å²) in [7, 11) is 0. The summed E-state index contributed by atoms with van der Waals surface area (Å²) >= 11 is 5.40. The second-order valence-corrected chi connectivity index (χ2v) is 9.86. The Morgan fingerprint density at radius 3 is 2.23 bits per heavy atom. The van der Waals surface area contributed by atoms with Crippen LogP contribution in [-0.4, -0.2) is 48.1 Å². The Kier molecular flexibility index (Phi) is 10.0. The van der Waals surface area contributed by atoms with Gasteiger partial charge in [0.25, 0.3) is 5.91 Å². The molecule has 7 nitrogen and oxygen atoms in total. The van der Waals surface area contributed by atoms with Gasteiger partial charge in [-0.05, 0) is 69.9 Å². The van der Waals surface area contributed by atoms with Crippen molar-refractivity contribution in [1.82, 2.24) is 0 Å². The van der Waals surface area contributed by atoms with Crippen molar-refractivity contribution in [3.05, 3.63) is 53.1 Å². The summed E-state index contributed by atoms with van der Waals surface area (Å²) < 4.78 is 81.1. The number of aliphatic hydroxyl groups excluding tert-OH is 1. The average Bonchev–Trinajstić information content (AvgIpc) is 3.06. The van der Waals surface area contributed by atoms with E-state index < -0.39 is 46.1 Å². The zero-order valence-corrected chi connectivity index (χ0v) is 22.7. The van der Waals surface area contributed by atoms with E-state index in [1.807, 2.05) is 0 Å². The maximum atomic E-state index is 14.9. The van der Waals surface area contributed by atoms with Gasteiger partial charge in [-0.25, -0.2) is 8.78 Å². The highest BCUT2D eigenvalue weighted by Crippen LogP contribution is 2.40. The Bertz CT molecular complexity index is 1270. The second kappa shape index (κ2) is 12.9. The molecule has 1 heterocycles. The molecule has 1 aliphatic heterocycles. The zero-order valence-electron chi connectivity index (χ0n) is 21.9. The molecular weight excluding hydrogens is 557 g/mol. The van der Waals surface area contributed by atoms with Crippen LogP contribution in [0.3, 0.4) is 0 Å². The van der Waals surface area contributed by atoms with Crippen LogP contribution >= 0.6 is 12.2 Å². The van der Waals surface area contributed by atoms with Gasteiger partial charge < -0.3 is 19.5 Å². The van der Waals surface area contributed by atoms with Crippen LogP contribution in [0.2, 0.25) is 0 Å². The number of halogens is 5. The minimum atomic E-state index is -4.86. The van der Waals surface area contributed by atoms with Crippen LogP contribution in [0.4, 0.5) is 33.3 Å². The molecule has 1 aliphatic rings. The van der Waals surface area contributed by atoms with Crippen molar-refractivity contribution < 1.29 is 41.3 Å². The van der Waals surface area contributed by atoms with Gasteiger partial charge in [-0.1, -0.05) is 0 Å². The Morgan fingerprint density at radius 1 is 1.00 bits per heavy atom. The van der Waals surface area contributed by atoms with Crippen molar-refractivity contribution >= 4 is 34.6 Å². The Balaban J connectivity index is 1.77. The molecule has 216 valence electrons. The Labute approximate surface area is 233 Å². The molecule has 0 saturated carbocycles. The topological polar surface area (TPSA) is 86.0 Å². The predicted octanol–water partition coefficient (Wildman–Crippen LogP) is 5.72. The van der Waals surface area contributed by atoms with Crippen molar-refractivity contribution in [2.45, 2.75) is 51.2 Å². The quantitative estimate of drug-likeness (QED) is 0.194. The van der Waals surface area contributed by atoms with E-state index in [2.05, 4.69) is 0 Å². The van der Waals surface area contributed by atoms with Gasteiger partial charge in [-0.3, -0.25) is 9.69 Å². The number of anilines is 2. The lowest BCUT2D eigenvalue weighted by atomic mass is 10.0. The molecule has 1 amide bonds. The minimum absolute atomic E-state index is 0.0456. The molecule has 0 spiro atoms. The number of nitriles is 1. The molecule has 0 aromatic heterocycles. The molecule has 1 fully saturated rings. The first-order chi connectivity index (χ1) is 18.8. The molecule has 40 heavy (non-hydrogen) atoms.